The Labute approximate surface area is 199 Å². The summed E-state index contributed by atoms with van der Waals surface area (Å²) >= 11 is 0. The van der Waals surface area contributed by atoms with E-state index in [1.165, 1.54) is 6.92 Å². The smallest absolute Gasteiger partial charge is 0.282 e. The van der Waals surface area contributed by atoms with E-state index in [1.54, 1.807) is 36.4 Å². The molecule has 34 heavy (non-hydrogen) atoms. The van der Waals surface area contributed by atoms with Crippen LogP contribution in [0.15, 0.2) is 113 Å². The Morgan fingerprint density at radius 3 is 1.18 bits per heavy atom. The predicted octanol–water partition coefficient (Wildman–Crippen LogP) is 4.87. The molecule has 0 spiro atoms. The van der Waals surface area contributed by atoms with Gasteiger partial charge in [-0.1, -0.05) is 91.0 Å². The van der Waals surface area contributed by atoms with E-state index in [0.29, 0.717) is 16.7 Å². The zero-order valence-corrected chi connectivity index (χ0v) is 19.8. The Morgan fingerprint density at radius 2 is 0.853 bits per heavy atom. The molecule has 0 saturated heterocycles. The zero-order valence-electron chi connectivity index (χ0n) is 18.2. The lowest BCUT2D eigenvalue weighted by Gasteiger charge is -2.39. The van der Waals surface area contributed by atoms with Crippen molar-refractivity contribution in [3.63, 3.8) is 0 Å². The van der Waals surface area contributed by atoms with Crippen molar-refractivity contribution in [3.05, 3.63) is 131 Å². The lowest BCUT2D eigenvalue weighted by Crippen LogP contribution is -2.34. The highest BCUT2D eigenvalue weighted by Crippen LogP contribution is 2.49. The van der Waals surface area contributed by atoms with Gasteiger partial charge in [-0.25, -0.2) is 0 Å². The SMILES string of the molecule is Cc1c(S(=O)(=O)O)ccc(S(=O)(=O)O)c1C(c1ccccc1)(c1ccccc1)c1ccccc1. The normalized spacial score (nSPS) is 12.4. The minimum absolute atomic E-state index is 0.00850. The van der Waals surface area contributed by atoms with Crippen LogP contribution >= 0.6 is 0 Å². The first kappa shape index (κ1) is 23.8. The highest BCUT2D eigenvalue weighted by Gasteiger charge is 2.44. The van der Waals surface area contributed by atoms with Gasteiger partial charge in [0.2, 0.25) is 0 Å². The fraction of sp³-hybridized carbons (Fsp3) is 0.0769. The van der Waals surface area contributed by atoms with Crippen LogP contribution in [0.5, 0.6) is 0 Å². The number of hydrogen-bond donors (Lipinski definition) is 2. The van der Waals surface area contributed by atoms with Gasteiger partial charge in [0.1, 0.15) is 0 Å². The molecule has 8 heteroatoms. The standard InChI is InChI=1S/C26H22O6S2/c1-19-23(33(27,28)29)17-18-24(34(30,31)32)25(19)26(20-11-5-2-6-12-20,21-13-7-3-8-14-21)22-15-9-4-10-16-22/h2-18H,1H3,(H,27,28,29)(H,30,31,32). The quantitative estimate of drug-likeness (QED) is 0.292. The van der Waals surface area contributed by atoms with Crippen LogP contribution in [0.1, 0.15) is 27.8 Å². The second-order valence-electron chi connectivity index (χ2n) is 7.86. The van der Waals surface area contributed by atoms with Gasteiger partial charge in [-0.2, -0.15) is 16.8 Å². The monoisotopic (exact) mass is 494 g/mol. The van der Waals surface area contributed by atoms with E-state index >= 15 is 0 Å². The molecule has 4 aromatic carbocycles. The van der Waals surface area contributed by atoms with Crippen molar-refractivity contribution in [2.75, 3.05) is 0 Å². The maximum Gasteiger partial charge on any atom is 0.294 e. The van der Waals surface area contributed by atoms with Gasteiger partial charge in [-0.15, -0.1) is 0 Å². The van der Waals surface area contributed by atoms with Gasteiger partial charge in [0.05, 0.1) is 15.2 Å². The molecule has 0 aliphatic rings. The summed E-state index contributed by atoms with van der Waals surface area (Å²) in [5, 5.41) is 0. The number of benzene rings is 4. The molecule has 0 aliphatic carbocycles. The summed E-state index contributed by atoms with van der Waals surface area (Å²) in [6.45, 7) is 1.43. The summed E-state index contributed by atoms with van der Waals surface area (Å²) < 4.78 is 70.0. The largest absolute Gasteiger partial charge is 0.294 e. The van der Waals surface area contributed by atoms with E-state index in [1.807, 2.05) is 54.6 Å². The highest BCUT2D eigenvalue weighted by atomic mass is 32.2. The van der Waals surface area contributed by atoms with Gasteiger partial charge in [-0.05, 0) is 46.9 Å². The van der Waals surface area contributed by atoms with E-state index in [9.17, 15) is 25.9 Å². The molecule has 0 atom stereocenters. The maximum atomic E-state index is 12.7. The summed E-state index contributed by atoms with van der Waals surface area (Å²) in [7, 11) is -9.50. The second-order valence-corrected chi connectivity index (χ2v) is 10.6. The molecule has 4 aromatic rings. The first-order valence-electron chi connectivity index (χ1n) is 10.3. The van der Waals surface area contributed by atoms with Crippen LogP contribution in [0.25, 0.3) is 0 Å². The van der Waals surface area contributed by atoms with Crippen molar-refractivity contribution in [3.8, 4) is 0 Å². The molecular formula is C26H22O6S2. The predicted molar refractivity (Wildman–Crippen MR) is 129 cm³/mol. The van der Waals surface area contributed by atoms with Gasteiger partial charge in [0.25, 0.3) is 20.2 Å². The molecule has 2 N–H and O–H groups in total. The minimum atomic E-state index is -4.80. The fourth-order valence-electron chi connectivity index (χ4n) is 4.63. The van der Waals surface area contributed by atoms with E-state index in [-0.39, 0.29) is 11.1 Å². The lowest BCUT2D eigenvalue weighted by molar-refractivity contribution is 0.475. The number of hydrogen-bond acceptors (Lipinski definition) is 4. The molecule has 4 rings (SSSR count). The molecule has 0 amide bonds. The Morgan fingerprint density at radius 1 is 0.529 bits per heavy atom. The molecule has 0 bridgehead atoms. The topological polar surface area (TPSA) is 109 Å². The third kappa shape index (κ3) is 4.05. The Hall–Kier alpha value is -3.30. The molecule has 0 heterocycles. The van der Waals surface area contributed by atoms with Crippen molar-refractivity contribution >= 4 is 20.2 Å². The van der Waals surface area contributed by atoms with Crippen LogP contribution in [-0.2, 0) is 25.7 Å². The van der Waals surface area contributed by atoms with Crippen LogP contribution in [0.2, 0.25) is 0 Å². The molecule has 174 valence electrons. The molecule has 0 unspecified atom stereocenters. The summed E-state index contributed by atoms with van der Waals surface area (Å²) in [6.07, 6.45) is 0. The second kappa shape index (κ2) is 8.81. The third-order valence-electron chi connectivity index (χ3n) is 5.93. The fourth-order valence-corrected chi connectivity index (χ4v) is 6.16. The van der Waals surface area contributed by atoms with Crippen molar-refractivity contribution in [2.45, 2.75) is 22.1 Å². The van der Waals surface area contributed by atoms with Crippen molar-refractivity contribution in [1.29, 1.82) is 0 Å². The minimum Gasteiger partial charge on any atom is -0.282 e. The zero-order chi connectivity index (χ0) is 24.6. The average molecular weight is 495 g/mol. The average Bonchev–Trinajstić information content (AvgIpc) is 2.81. The lowest BCUT2D eigenvalue weighted by atomic mass is 9.64. The van der Waals surface area contributed by atoms with E-state index in [4.69, 9.17) is 0 Å². The first-order chi connectivity index (χ1) is 16.1. The van der Waals surface area contributed by atoms with Crippen LogP contribution in [-0.4, -0.2) is 25.9 Å². The van der Waals surface area contributed by atoms with Crippen LogP contribution < -0.4 is 0 Å². The van der Waals surface area contributed by atoms with Crippen LogP contribution in [0.3, 0.4) is 0 Å². The van der Waals surface area contributed by atoms with E-state index in [0.717, 1.165) is 12.1 Å². The summed E-state index contributed by atoms with van der Waals surface area (Å²) in [6, 6.07) is 29.1. The van der Waals surface area contributed by atoms with Crippen molar-refractivity contribution in [2.24, 2.45) is 0 Å². The van der Waals surface area contributed by atoms with Crippen LogP contribution in [0.4, 0.5) is 0 Å². The Balaban J connectivity index is 2.35. The molecule has 0 radical (unpaired) electrons. The summed E-state index contributed by atoms with van der Waals surface area (Å²) in [5.41, 5.74) is 0.635. The van der Waals surface area contributed by atoms with Gasteiger partial charge in [0, 0.05) is 0 Å². The highest BCUT2D eigenvalue weighted by molar-refractivity contribution is 7.86. The van der Waals surface area contributed by atoms with Crippen LogP contribution in [0, 0.1) is 6.92 Å². The molecule has 6 nitrogen and oxygen atoms in total. The maximum absolute atomic E-state index is 12.7. The summed E-state index contributed by atoms with van der Waals surface area (Å²) in [5.74, 6) is 0. The molecule has 0 fully saturated rings. The molecule has 0 aromatic heterocycles. The summed E-state index contributed by atoms with van der Waals surface area (Å²) in [4.78, 5) is -0.893. The van der Waals surface area contributed by atoms with Crippen molar-refractivity contribution in [1.82, 2.24) is 0 Å². The van der Waals surface area contributed by atoms with Gasteiger partial charge < -0.3 is 0 Å². The first-order valence-corrected chi connectivity index (χ1v) is 13.2. The molecule has 0 saturated carbocycles. The van der Waals surface area contributed by atoms with Gasteiger partial charge in [0.15, 0.2) is 0 Å². The third-order valence-corrected chi connectivity index (χ3v) is 7.82. The van der Waals surface area contributed by atoms with Gasteiger partial charge in [-0.3, -0.25) is 9.11 Å². The molecule has 0 aliphatic heterocycles. The molecular weight excluding hydrogens is 472 g/mol. The Bertz CT molecular complexity index is 1430. The Kier molecular flexibility index (Phi) is 6.18. The van der Waals surface area contributed by atoms with Gasteiger partial charge >= 0.3 is 0 Å². The van der Waals surface area contributed by atoms with Crippen molar-refractivity contribution < 1.29 is 25.9 Å². The number of rotatable bonds is 6. The van der Waals surface area contributed by atoms with E-state index < -0.39 is 35.4 Å². The van der Waals surface area contributed by atoms with E-state index in [2.05, 4.69) is 0 Å².